The van der Waals surface area contributed by atoms with Crippen molar-refractivity contribution in [1.82, 2.24) is 9.80 Å². The second kappa shape index (κ2) is 7.87. The van der Waals surface area contributed by atoms with Crippen LogP contribution in [0.5, 0.6) is 0 Å². The second-order valence-corrected chi connectivity index (χ2v) is 8.35. The molecule has 0 spiro atoms. The zero-order valence-corrected chi connectivity index (χ0v) is 16.7. The Bertz CT molecular complexity index is 1080. The first-order valence-electron chi connectivity index (χ1n) is 9.48. The van der Waals surface area contributed by atoms with E-state index in [1.165, 1.54) is 6.08 Å². The van der Waals surface area contributed by atoms with E-state index in [2.05, 4.69) is 6.92 Å². The average Bonchev–Trinajstić information content (AvgIpc) is 2.96. The molecule has 2 aliphatic heterocycles. The van der Waals surface area contributed by atoms with Crippen molar-refractivity contribution in [2.45, 2.75) is 19.8 Å². The highest BCUT2D eigenvalue weighted by Crippen LogP contribution is 2.32. The minimum Gasteiger partial charge on any atom is -0.422 e. The molecule has 2 fully saturated rings. The quantitative estimate of drug-likeness (QED) is 0.569. The van der Waals surface area contributed by atoms with E-state index in [-0.39, 0.29) is 22.9 Å². The van der Waals surface area contributed by atoms with Gasteiger partial charge in [-0.25, -0.2) is 4.79 Å². The number of carbonyl (C=O) groups excluding carboxylic acids is 3. The van der Waals surface area contributed by atoms with Gasteiger partial charge in [0.15, 0.2) is 0 Å². The Morgan fingerprint density at radius 1 is 1.21 bits per heavy atom. The van der Waals surface area contributed by atoms with Crippen molar-refractivity contribution < 1.29 is 18.8 Å². The van der Waals surface area contributed by atoms with Gasteiger partial charge in [-0.05, 0) is 48.7 Å². The highest BCUT2D eigenvalue weighted by atomic mass is 32.2. The van der Waals surface area contributed by atoms with Crippen LogP contribution >= 0.6 is 11.8 Å². The molecule has 3 amide bonds. The fourth-order valence-electron chi connectivity index (χ4n) is 3.45. The van der Waals surface area contributed by atoms with E-state index in [0.29, 0.717) is 30.0 Å². The van der Waals surface area contributed by atoms with E-state index in [9.17, 15) is 19.2 Å². The highest BCUT2D eigenvalue weighted by molar-refractivity contribution is 8.18. The number of carbonyl (C=O) groups is 3. The van der Waals surface area contributed by atoms with Gasteiger partial charge in [-0.15, -0.1) is 0 Å². The number of amides is 3. The van der Waals surface area contributed by atoms with Gasteiger partial charge in [-0.1, -0.05) is 25.1 Å². The topological polar surface area (TPSA) is 87.9 Å². The highest BCUT2D eigenvalue weighted by Gasteiger charge is 2.37. The summed E-state index contributed by atoms with van der Waals surface area (Å²) in [6.45, 7) is 3.16. The van der Waals surface area contributed by atoms with Crippen molar-refractivity contribution in [3.63, 3.8) is 0 Å². The molecule has 2 aliphatic rings. The van der Waals surface area contributed by atoms with Crippen molar-refractivity contribution in [3.05, 3.63) is 51.2 Å². The zero-order chi connectivity index (χ0) is 20.5. The first-order chi connectivity index (χ1) is 13.9. The molecule has 0 unspecified atom stereocenters. The molecule has 2 saturated heterocycles. The van der Waals surface area contributed by atoms with Crippen LogP contribution in [0.15, 0.2) is 44.4 Å². The second-order valence-electron chi connectivity index (χ2n) is 7.36. The molecule has 0 N–H and O–H groups in total. The molecule has 0 bridgehead atoms. The number of rotatable bonds is 3. The molecule has 0 radical (unpaired) electrons. The number of nitrogens with zero attached hydrogens (tertiary/aromatic N) is 2. The first-order valence-corrected chi connectivity index (χ1v) is 10.3. The molecule has 3 heterocycles. The standard InChI is InChI=1S/C21H20N2O5S/c1-13-6-8-22(9-7-13)18(24)12-23-19(25)17(29-21(23)27)11-15-10-14-4-2-3-5-16(14)28-20(15)26/h2-5,10-11,13H,6-9,12H2,1H3/b17-11+. The minimum absolute atomic E-state index is 0.109. The van der Waals surface area contributed by atoms with Crippen molar-refractivity contribution in [1.29, 1.82) is 0 Å². The summed E-state index contributed by atoms with van der Waals surface area (Å²) in [6.07, 6.45) is 3.20. The van der Waals surface area contributed by atoms with E-state index < -0.39 is 16.8 Å². The van der Waals surface area contributed by atoms with E-state index in [4.69, 9.17) is 4.42 Å². The number of thioether (sulfide) groups is 1. The fourth-order valence-corrected chi connectivity index (χ4v) is 4.28. The number of hydrogen-bond acceptors (Lipinski definition) is 6. The van der Waals surface area contributed by atoms with Gasteiger partial charge in [-0.3, -0.25) is 19.3 Å². The number of imide groups is 1. The van der Waals surface area contributed by atoms with Gasteiger partial charge < -0.3 is 9.32 Å². The third-order valence-electron chi connectivity index (χ3n) is 5.26. The van der Waals surface area contributed by atoms with Gasteiger partial charge >= 0.3 is 5.63 Å². The van der Waals surface area contributed by atoms with Gasteiger partial charge in [0.2, 0.25) is 5.91 Å². The number of likely N-dealkylation sites (tertiary alicyclic amines) is 1. The number of benzene rings is 1. The van der Waals surface area contributed by atoms with E-state index in [1.807, 2.05) is 6.07 Å². The Morgan fingerprint density at radius 3 is 2.69 bits per heavy atom. The number of piperidine rings is 1. The Labute approximate surface area is 171 Å². The lowest BCUT2D eigenvalue weighted by molar-refractivity contribution is -0.136. The molecule has 4 rings (SSSR count). The summed E-state index contributed by atoms with van der Waals surface area (Å²) in [5.41, 5.74) is 0.0451. The van der Waals surface area contributed by atoms with Crippen molar-refractivity contribution in [2.24, 2.45) is 5.92 Å². The Morgan fingerprint density at radius 2 is 1.93 bits per heavy atom. The summed E-state index contributed by atoms with van der Waals surface area (Å²) in [5, 5.41) is 0.206. The molecule has 1 aromatic carbocycles. The molecule has 29 heavy (non-hydrogen) atoms. The van der Waals surface area contributed by atoms with Crippen molar-refractivity contribution in [2.75, 3.05) is 19.6 Å². The van der Waals surface area contributed by atoms with Gasteiger partial charge in [0.05, 0.1) is 10.5 Å². The van der Waals surface area contributed by atoms with Crippen LogP contribution in [-0.4, -0.2) is 46.5 Å². The molecule has 150 valence electrons. The summed E-state index contributed by atoms with van der Waals surface area (Å²) in [7, 11) is 0. The molecular formula is C21H20N2O5S. The first kappa shape index (κ1) is 19.4. The largest absolute Gasteiger partial charge is 0.422 e. The SMILES string of the molecule is CC1CCN(C(=O)CN2C(=O)S/C(=C/c3cc4ccccc4oc3=O)C2=O)CC1. The molecule has 0 aliphatic carbocycles. The van der Waals surface area contributed by atoms with Crippen LogP contribution in [0.1, 0.15) is 25.3 Å². The lowest BCUT2D eigenvalue weighted by Crippen LogP contribution is -2.45. The van der Waals surface area contributed by atoms with Crippen LogP contribution in [0.25, 0.3) is 17.0 Å². The van der Waals surface area contributed by atoms with E-state index >= 15 is 0 Å². The van der Waals surface area contributed by atoms with Crippen LogP contribution in [0.2, 0.25) is 0 Å². The normalized spacial score (nSPS) is 19.6. The van der Waals surface area contributed by atoms with Gasteiger partial charge in [-0.2, -0.15) is 0 Å². The van der Waals surface area contributed by atoms with E-state index in [1.54, 1.807) is 29.2 Å². The maximum absolute atomic E-state index is 12.7. The van der Waals surface area contributed by atoms with Gasteiger partial charge in [0, 0.05) is 18.5 Å². The van der Waals surface area contributed by atoms with Gasteiger partial charge in [0.1, 0.15) is 12.1 Å². The van der Waals surface area contributed by atoms with Crippen LogP contribution < -0.4 is 5.63 Å². The summed E-state index contributed by atoms with van der Waals surface area (Å²) >= 11 is 0.727. The average molecular weight is 412 g/mol. The number of fused-ring (bicyclic) bond motifs is 1. The molecule has 2 aromatic rings. The fraction of sp³-hybridized carbons (Fsp3) is 0.333. The predicted octanol–water partition coefficient (Wildman–Crippen LogP) is 3.09. The zero-order valence-electron chi connectivity index (χ0n) is 15.9. The maximum Gasteiger partial charge on any atom is 0.343 e. The lowest BCUT2D eigenvalue weighted by atomic mass is 9.99. The predicted molar refractivity (Wildman–Crippen MR) is 110 cm³/mol. The van der Waals surface area contributed by atoms with Crippen LogP contribution in [0, 0.1) is 5.92 Å². The van der Waals surface area contributed by atoms with Gasteiger partial charge in [0.25, 0.3) is 11.1 Å². The van der Waals surface area contributed by atoms with Crippen LogP contribution in [0.4, 0.5) is 4.79 Å². The Kier molecular flexibility index (Phi) is 5.27. The molecular weight excluding hydrogens is 392 g/mol. The molecule has 8 heteroatoms. The third kappa shape index (κ3) is 3.98. The summed E-state index contributed by atoms with van der Waals surface area (Å²) in [6, 6.07) is 8.67. The van der Waals surface area contributed by atoms with E-state index in [0.717, 1.165) is 29.5 Å². The maximum atomic E-state index is 12.7. The summed E-state index contributed by atoms with van der Waals surface area (Å²) in [5.74, 6) is -0.218. The number of para-hydroxylation sites is 1. The minimum atomic E-state index is -0.589. The summed E-state index contributed by atoms with van der Waals surface area (Å²) in [4.78, 5) is 52.5. The Balaban J connectivity index is 1.53. The molecule has 0 saturated carbocycles. The number of hydrogen-bond donors (Lipinski definition) is 0. The smallest absolute Gasteiger partial charge is 0.343 e. The Hall–Kier alpha value is -2.87. The monoisotopic (exact) mass is 412 g/mol. The lowest BCUT2D eigenvalue weighted by Gasteiger charge is -2.31. The third-order valence-corrected chi connectivity index (χ3v) is 6.17. The van der Waals surface area contributed by atoms with Crippen molar-refractivity contribution in [3.8, 4) is 0 Å². The van der Waals surface area contributed by atoms with Crippen LogP contribution in [-0.2, 0) is 9.59 Å². The molecule has 7 nitrogen and oxygen atoms in total. The van der Waals surface area contributed by atoms with Crippen molar-refractivity contribution >= 4 is 45.9 Å². The molecule has 0 atom stereocenters. The summed E-state index contributed by atoms with van der Waals surface area (Å²) < 4.78 is 5.26. The molecule has 1 aromatic heterocycles. The van der Waals surface area contributed by atoms with Crippen LogP contribution in [0.3, 0.4) is 0 Å².